The first-order valence-electron chi connectivity index (χ1n) is 9.96. The third kappa shape index (κ3) is 4.45. The zero-order valence-corrected chi connectivity index (χ0v) is 18.4. The Balaban J connectivity index is 1.79. The van der Waals surface area contributed by atoms with Crippen molar-refractivity contribution in [3.05, 3.63) is 78.9 Å². The van der Waals surface area contributed by atoms with Gasteiger partial charge in [0.25, 0.3) is 0 Å². The van der Waals surface area contributed by atoms with Crippen molar-refractivity contribution in [1.29, 1.82) is 0 Å². The third-order valence-electron chi connectivity index (χ3n) is 4.64. The van der Waals surface area contributed by atoms with Gasteiger partial charge >= 0.3 is 0 Å². The molecular formula is C24H22N2O5S. The van der Waals surface area contributed by atoms with E-state index in [1.807, 2.05) is 6.92 Å². The van der Waals surface area contributed by atoms with Gasteiger partial charge in [0, 0.05) is 17.3 Å². The van der Waals surface area contributed by atoms with Crippen LogP contribution >= 0.6 is 0 Å². The van der Waals surface area contributed by atoms with Crippen molar-refractivity contribution in [3.8, 4) is 23.0 Å². The predicted octanol–water partition coefficient (Wildman–Crippen LogP) is 5.33. The SMILES string of the molecule is CCOc1ccc(-c2nc(S(=O)(=O)c3ccccc3)c(Nc3cccc(OC)c3)o2)cc1. The van der Waals surface area contributed by atoms with E-state index in [0.29, 0.717) is 29.4 Å². The van der Waals surface area contributed by atoms with Crippen molar-refractivity contribution in [1.82, 2.24) is 4.98 Å². The highest BCUT2D eigenvalue weighted by molar-refractivity contribution is 7.91. The van der Waals surface area contributed by atoms with Crippen LogP contribution in [0, 0.1) is 0 Å². The second kappa shape index (κ2) is 9.15. The molecule has 1 heterocycles. The molecule has 0 spiro atoms. The van der Waals surface area contributed by atoms with E-state index in [-0.39, 0.29) is 21.7 Å². The number of hydrogen-bond acceptors (Lipinski definition) is 7. The largest absolute Gasteiger partial charge is 0.497 e. The molecule has 4 rings (SSSR count). The maximum absolute atomic E-state index is 13.3. The number of sulfone groups is 1. The number of ether oxygens (including phenoxy) is 2. The normalized spacial score (nSPS) is 11.2. The molecule has 0 saturated heterocycles. The molecule has 0 aliphatic heterocycles. The van der Waals surface area contributed by atoms with Gasteiger partial charge in [-0.15, -0.1) is 0 Å². The van der Waals surface area contributed by atoms with Crippen LogP contribution in [0.5, 0.6) is 11.5 Å². The van der Waals surface area contributed by atoms with Crippen LogP contribution in [0.15, 0.2) is 93.2 Å². The van der Waals surface area contributed by atoms with Gasteiger partial charge in [-0.2, -0.15) is 4.98 Å². The van der Waals surface area contributed by atoms with Gasteiger partial charge in [0.2, 0.25) is 26.6 Å². The Hall–Kier alpha value is -3.78. The van der Waals surface area contributed by atoms with Crippen LogP contribution in [0.3, 0.4) is 0 Å². The molecule has 0 bridgehead atoms. The summed E-state index contributed by atoms with van der Waals surface area (Å²) >= 11 is 0. The molecule has 0 amide bonds. The lowest BCUT2D eigenvalue weighted by atomic mass is 10.2. The monoisotopic (exact) mass is 450 g/mol. The number of benzene rings is 3. The Morgan fingerprint density at radius 2 is 1.69 bits per heavy atom. The number of anilines is 2. The molecule has 0 fully saturated rings. The average molecular weight is 451 g/mol. The summed E-state index contributed by atoms with van der Waals surface area (Å²) in [5.74, 6) is 1.52. The fraction of sp³-hybridized carbons (Fsp3) is 0.125. The number of hydrogen-bond donors (Lipinski definition) is 1. The van der Waals surface area contributed by atoms with Crippen molar-refractivity contribution >= 4 is 21.4 Å². The lowest BCUT2D eigenvalue weighted by molar-refractivity contribution is 0.340. The Bertz CT molecular complexity index is 1300. The zero-order chi connectivity index (χ0) is 22.6. The van der Waals surface area contributed by atoms with Gasteiger partial charge in [-0.05, 0) is 55.5 Å². The topological polar surface area (TPSA) is 90.7 Å². The van der Waals surface area contributed by atoms with Crippen LogP contribution in [0.25, 0.3) is 11.5 Å². The summed E-state index contributed by atoms with van der Waals surface area (Å²) in [6, 6.07) is 22.3. The first-order chi connectivity index (χ1) is 15.5. The fourth-order valence-corrected chi connectivity index (χ4v) is 4.37. The van der Waals surface area contributed by atoms with Crippen LogP contribution in [0.2, 0.25) is 0 Å². The number of rotatable bonds is 8. The summed E-state index contributed by atoms with van der Waals surface area (Å²) < 4.78 is 43.3. The van der Waals surface area contributed by atoms with Crippen molar-refractivity contribution in [3.63, 3.8) is 0 Å². The highest BCUT2D eigenvalue weighted by Crippen LogP contribution is 2.35. The molecule has 0 aliphatic rings. The van der Waals surface area contributed by atoms with Crippen LogP contribution in [0.4, 0.5) is 11.6 Å². The van der Waals surface area contributed by atoms with E-state index in [0.717, 1.165) is 0 Å². The Morgan fingerprint density at radius 1 is 0.938 bits per heavy atom. The maximum atomic E-state index is 13.3. The molecule has 3 aromatic carbocycles. The molecular weight excluding hydrogens is 428 g/mol. The zero-order valence-electron chi connectivity index (χ0n) is 17.6. The number of methoxy groups -OCH3 is 1. The van der Waals surface area contributed by atoms with E-state index in [9.17, 15) is 8.42 Å². The van der Waals surface area contributed by atoms with E-state index in [1.165, 1.54) is 12.1 Å². The van der Waals surface area contributed by atoms with Gasteiger partial charge in [0.15, 0.2) is 0 Å². The predicted molar refractivity (Wildman–Crippen MR) is 121 cm³/mol. The molecule has 164 valence electrons. The van der Waals surface area contributed by atoms with E-state index in [4.69, 9.17) is 13.9 Å². The molecule has 0 unspecified atom stereocenters. The first kappa shape index (κ1) is 21.5. The molecule has 0 atom stereocenters. The minimum atomic E-state index is -3.93. The van der Waals surface area contributed by atoms with Crippen LogP contribution < -0.4 is 14.8 Å². The second-order valence-electron chi connectivity index (χ2n) is 6.78. The van der Waals surface area contributed by atoms with Crippen molar-refractivity contribution < 1.29 is 22.3 Å². The van der Waals surface area contributed by atoms with Crippen LogP contribution in [-0.4, -0.2) is 27.1 Å². The second-order valence-corrected chi connectivity index (χ2v) is 8.65. The summed E-state index contributed by atoms with van der Waals surface area (Å²) in [6.45, 7) is 2.45. The van der Waals surface area contributed by atoms with E-state index < -0.39 is 9.84 Å². The Kier molecular flexibility index (Phi) is 6.13. The summed E-state index contributed by atoms with van der Waals surface area (Å²) in [5.41, 5.74) is 1.22. The Morgan fingerprint density at radius 3 is 2.38 bits per heavy atom. The standard InChI is InChI=1S/C24H22N2O5S/c1-3-30-19-14-12-17(13-15-19)22-26-24(32(27,28)21-10-5-4-6-11-21)23(31-22)25-18-8-7-9-20(16-18)29-2/h4-16,25H,3H2,1-2H3. The summed E-state index contributed by atoms with van der Waals surface area (Å²) in [7, 11) is -2.37. The van der Waals surface area contributed by atoms with Crippen LogP contribution in [-0.2, 0) is 9.84 Å². The van der Waals surface area contributed by atoms with Gasteiger partial charge in [-0.3, -0.25) is 0 Å². The number of oxazole rings is 1. The molecule has 8 heteroatoms. The fourth-order valence-electron chi connectivity index (χ4n) is 3.09. The molecule has 1 N–H and O–H groups in total. The highest BCUT2D eigenvalue weighted by atomic mass is 32.2. The number of nitrogens with zero attached hydrogens (tertiary/aromatic N) is 1. The Labute approximate surface area is 186 Å². The van der Waals surface area contributed by atoms with Gasteiger partial charge in [0.05, 0.1) is 18.6 Å². The molecule has 4 aromatic rings. The smallest absolute Gasteiger partial charge is 0.238 e. The van der Waals surface area contributed by atoms with E-state index in [2.05, 4.69) is 10.3 Å². The highest BCUT2D eigenvalue weighted by Gasteiger charge is 2.28. The lowest BCUT2D eigenvalue weighted by Crippen LogP contribution is -2.05. The number of nitrogens with one attached hydrogen (secondary N) is 1. The summed E-state index contributed by atoms with van der Waals surface area (Å²) in [6.07, 6.45) is 0. The quantitative estimate of drug-likeness (QED) is 0.388. The molecule has 1 aromatic heterocycles. The summed E-state index contributed by atoms with van der Waals surface area (Å²) in [4.78, 5) is 4.48. The lowest BCUT2D eigenvalue weighted by Gasteiger charge is -2.07. The maximum Gasteiger partial charge on any atom is 0.238 e. The summed E-state index contributed by atoms with van der Waals surface area (Å²) in [5, 5.41) is 2.83. The third-order valence-corrected chi connectivity index (χ3v) is 6.32. The molecule has 0 aliphatic carbocycles. The minimum Gasteiger partial charge on any atom is -0.497 e. The van der Waals surface area contributed by atoms with Crippen molar-refractivity contribution in [2.24, 2.45) is 0 Å². The van der Waals surface area contributed by atoms with Gasteiger partial charge in [-0.1, -0.05) is 24.3 Å². The van der Waals surface area contributed by atoms with Crippen LogP contribution in [0.1, 0.15) is 6.92 Å². The molecule has 32 heavy (non-hydrogen) atoms. The molecule has 0 saturated carbocycles. The molecule has 7 nitrogen and oxygen atoms in total. The first-order valence-corrected chi connectivity index (χ1v) is 11.4. The van der Waals surface area contributed by atoms with Gasteiger partial charge in [-0.25, -0.2) is 8.42 Å². The van der Waals surface area contributed by atoms with Gasteiger partial charge in [0.1, 0.15) is 11.5 Å². The number of aromatic nitrogens is 1. The van der Waals surface area contributed by atoms with E-state index in [1.54, 1.807) is 73.8 Å². The average Bonchev–Trinajstić information content (AvgIpc) is 3.25. The minimum absolute atomic E-state index is 0.0194. The molecule has 0 radical (unpaired) electrons. The van der Waals surface area contributed by atoms with E-state index >= 15 is 0 Å². The van der Waals surface area contributed by atoms with Crippen molar-refractivity contribution in [2.75, 3.05) is 19.0 Å². The van der Waals surface area contributed by atoms with Gasteiger partial charge < -0.3 is 19.2 Å². The van der Waals surface area contributed by atoms with Crippen molar-refractivity contribution in [2.45, 2.75) is 16.8 Å².